The van der Waals surface area contributed by atoms with Gasteiger partial charge in [0.25, 0.3) is 0 Å². The molecule has 9 aromatic rings. The van der Waals surface area contributed by atoms with Gasteiger partial charge in [0.2, 0.25) is 0 Å². The molecule has 8 aromatic carbocycles. The molecule has 0 aliphatic heterocycles. The first-order valence-corrected chi connectivity index (χ1v) is 18.7. The normalized spacial score (nSPS) is 14.4. The number of benzene rings is 8. The predicted molar refractivity (Wildman–Crippen MR) is 221 cm³/mol. The maximum atomic E-state index is 5.22. The largest absolute Gasteiger partial charge is 0.208 e. The van der Waals surface area contributed by atoms with Crippen molar-refractivity contribution in [3.05, 3.63) is 209 Å². The third-order valence-corrected chi connectivity index (χ3v) is 12.0. The van der Waals surface area contributed by atoms with Gasteiger partial charge >= 0.3 is 0 Å². The Morgan fingerprint density at radius 1 is 0.315 bits per heavy atom. The molecule has 0 bridgehead atoms. The molecule has 254 valence electrons. The number of rotatable bonds is 3. The van der Waals surface area contributed by atoms with Crippen molar-refractivity contribution >= 4 is 21.5 Å². The summed E-state index contributed by atoms with van der Waals surface area (Å²) in [5.41, 5.74) is 12.8. The lowest BCUT2D eigenvalue weighted by molar-refractivity contribution is 0.563. The average molecular weight is 690 g/mol. The summed E-state index contributed by atoms with van der Waals surface area (Å²) < 4.78 is 0. The summed E-state index contributed by atoms with van der Waals surface area (Å²) in [5.74, 6) is 1.97. The fourth-order valence-electron chi connectivity index (χ4n) is 9.42. The monoisotopic (exact) mass is 689 g/mol. The number of nitrogens with zero attached hydrogens (tertiary/aromatic N) is 3. The Morgan fingerprint density at radius 3 is 1.24 bits per heavy atom. The summed E-state index contributed by atoms with van der Waals surface area (Å²) in [7, 11) is 0. The Bertz CT molecular complexity index is 2840. The summed E-state index contributed by atoms with van der Waals surface area (Å²) >= 11 is 0. The second-order valence-corrected chi connectivity index (χ2v) is 15.2. The molecular formula is C51H35N3. The Labute approximate surface area is 314 Å². The molecular weight excluding hydrogens is 655 g/mol. The number of aromatic nitrogens is 3. The number of hydrogen-bond acceptors (Lipinski definition) is 3. The number of hydrogen-bond donors (Lipinski definition) is 0. The van der Waals surface area contributed by atoms with Gasteiger partial charge in [-0.3, -0.25) is 0 Å². The molecule has 54 heavy (non-hydrogen) atoms. The highest BCUT2D eigenvalue weighted by Gasteiger charge is 2.53. The van der Waals surface area contributed by atoms with Gasteiger partial charge in [-0.05, 0) is 84.3 Å². The van der Waals surface area contributed by atoms with E-state index in [1.807, 2.05) is 0 Å². The maximum Gasteiger partial charge on any atom is 0.164 e. The zero-order valence-corrected chi connectivity index (χ0v) is 30.1. The predicted octanol–water partition coefficient (Wildman–Crippen LogP) is 12.2. The van der Waals surface area contributed by atoms with Crippen LogP contribution in [0, 0.1) is 0 Å². The van der Waals surface area contributed by atoms with Crippen LogP contribution in [0.1, 0.15) is 47.2 Å². The Hall–Kier alpha value is -6.71. The van der Waals surface area contributed by atoms with Gasteiger partial charge in [0, 0.05) is 22.1 Å². The highest BCUT2D eigenvalue weighted by molar-refractivity contribution is 5.91. The van der Waals surface area contributed by atoms with Crippen molar-refractivity contribution in [2.75, 3.05) is 0 Å². The van der Waals surface area contributed by atoms with Crippen LogP contribution in [0.3, 0.4) is 0 Å². The van der Waals surface area contributed by atoms with E-state index in [4.69, 9.17) is 15.0 Å². The summed E-state index contributed by atoms with van der Waals surface area (Å²) in [4.78, 5) is 15.6. The van der Waals surface area contributed by atoms with E-state index in [2.05, 4.69) is 190 Å². The summed E-state index contributed by atoms with van der Waals surface area (Å²) in [6.45, 7) is 4.73. The third kappa shape index (κ3) is 4.33. The Morgan fingerprint density at radius 2 is 0.704 bits per heavy atom. The lowest BCUT2D eigenvalue weighted by Gasteiger charge is -2.46. The summed E-state index contributed by atoms with van der Waals surface area (Å²) in [6.07, 6.45) is 0. The molecule has 0 N–H and O–H groups in total. The van der Waals surface area contributed by atoms with E-state index in [0.717, 1.165) is 27.5 Å². The average Bonchev–Trinajstić information content (AvgIpc) is 3.53. The van der Waals surface area contributed by atoms with Gasteiger partial charge in [0.1, 0.15) is 0 Å². The van der Waals surface area contributed by atoms with Crippen LogP contribution >= 0.6 is 0 Å². The first-order chi connectivity index (χ1) is 26.5. The standard InChI is InChI=1S/C51H35N3/c1-50(2)43-19-9-11-21-45(43)51(46-22-12-10-20-44(46)50)41-18-8-7-17-39(41)40-31-38(27-28-42(40)51)49-53-47(36-25-23-32-13-3-5-15-34(32)29-36)52-48(54-49)37-26-24-33-14-4-6-16-35(33)30-37/h3-31H,1-2H3. The van der Waals surface area contributed by atoms with Crippen LogP contribution in [0.5, 0.6) is 0 Å². The molecule has 3 heteroatoms. The molecule has 0 saturated heterocycles. The molecule has 3 nitrogen and oxygen atoms in total. The summed E-state index contributed by atoms with van der Waals surface area (Å²) in [6, 6.07) is 63.7. The first-order valence-electron chi connectivity index (χ1n) is 18.7. The molecule has 2 aliphatic rings. The van der Waals surface area contributed by atoms with Crippen molar-refractivity contribution in [2.45, 2.75) is 24.7 Å². The molecule has 0 amide bonds. The molecule has 1 aromatic heterocycles. The molecule has 1 spiro atoms. The molecule has 0 radical (unpaired) electrons. The van der Waals surface area contributed by atoms with Gasteiger partial charge in [-0.15, -0.1) is 0 Å². The molecule has 1 heterocycles. The van der Waals surface area contributed by atoms with Crippen LogP contribution in [-0.4, -0.2) is 15.0 Å². The fraction of sp³-hybridized carbons (Fsp3) is 0.0784. The van der Waals surface area contributed by atoms with Gasteiger partial charge < -0.3 is 0 Å². The van der Waals surface area contributed by atoms with Gasteiger partial charge in [0.15, 0.2) is 17.5 Å². The van der Waals surface area contributed by atoms with Crippen LogP contribution in [0.2, 0.25) is 0 Å². The van der Waals surface area contributed by atoms with Gasteiger partial charge in [-0.25, -0.2) is 15.0 Å². The lowest BCUT2D eigenvalue weighted by Crippen LogP contribution is -2.40. The lowest BCUT2D eigenvalue weighted by atomic mass is 9.55. The van der Waals surface area contributed by atoms with Crippen molar-refractivity contribution in [2.24, 2.45) is 0 Å². The molecule has 0 saturated carbocycles. The second kappa shape index (κ2) is 11.4. The van der Waals surface area contributed by atoms with Crippen LogP contribution in [0.15, 0.2) is 176 Å². The third-order valence-electron chi connectivity index (χ3n) is 12.0. The minimum atomic E-state index is -0.446. The van der Waals surface area contributed by atoms with Gasteiger partial charge in [-0.2, -0.15) is 0 Å². The topological polar surface area (TPSA) is 38.7 Å². The Balaban J connectivity index is 1.15. The van der Waals surface area contributed by atoms with Gasteiger partial charge in [-0.1, -0.05) is 172 Å². The minimum absolute atomic E-state index is 0.140. The summed E-state index contributed by atoms with van der Waals surface area (Å²) in [5, 5.41) is 4.68. The zero-order chi connectivity index (χ0) is 36.0. The van der Waals surface area contributed by atoms with Crippen molar-refractivity contribution in [3.8, 4) is 45.3 Å². The van der Waals surface area contributed by atoms with E-state index in [9.17, 15) is 0 Å². The van der Waals surface area contributed by atoms with E-state index in [1.165, 1.54) is 55.3 Å². The molecule has 2 aliphatic carbocycles. The fourth-order valence-corrected chi connectivity index (χ4v) is 9.42. The van der Waals surface area contributed by atoms with Crippen LogP contribution in [0.25, 0.3) is 66.8 Å². The van der Waals surface area contributed by atoms with Crippen LogP contribution in [0.4, 0.5) is 0 Å². The van der Waals surface area contributed by atoms with Crippen LogP contribution in [-0.2, 0) is 10.8 Å². The SMILES string of the molecule is CC1(C)c2ccccc2C2(c3ccccc3-c3cc(-c4nc(-c5ccc6ccccc6c5)nc(-c5ccc6ccccc6c5)n4)ccc32)c2ccccc21. The molecule has 0 atom stereocenters. The zero-order valence-electron chi connectivity index (χ0n) is 30.1. The van der Waals surface area contributed by atoms with E-state index in [0.29, 0.717) is 17.5 Å². The first kappa shape index (κ1) is 30.9. The molecule has 0 unspecified atom stereocenters. The molecule has 0 fully saturated rings. The Kier molecular flexibility index (Phi) is 6.51. The highest BCUT2D eigenvalue weighted by atomic mass is 15.0. The maximum absolute atomic E-state index is 5.22. The van der Waals surface area contributed by atoms with E-state index in [1.54, 1.807) is 0 Å². The van der Waals surface area contributed by atoms with E-state index >= 15 is 0 Å². The van der Waals surface area contributed by atoms with E-state index < -0.39 is 5.41 Å². The second-order valence-electron chi connectivity index (χ2n) is 15.2. The van der Waals surface area contributed by atoms with Crippen molar-refractivity contribution < 1.29 is 0 Å². The van der Waals surface area contributed by atoms with Crippen molar-refractivity contribution in [3.63, 3.8) is 0 Å². The smallest absolute Gasteiger partial charge is 0.164 e. The van der Waals surface area contributed by atoms with Crippen molar-refractivity contribution in [1.82, 2.24) is 15.0 Å². The van der Waals surface area contributed by atoms with Crippen molar-refractivity contribution in [1.29, 1.82) is 0 Å². The molecule has 11 rings (SSSR count). The van der Waals surface area contributed by atoms with E-state index in [-0.39, 0.29) is 5.41 Å². The minimum Gasteiger partial charge on any atom is -0.208 e. The van der Waals surface area contributed by atoms with Gasteiger partial charge in [0.05, 0.1) is 5.41 Å². The quantitative estimate of drug-likeness (QED) is 0.185. The highest BCUT2D eigenvalue weighted by Crippen LogP contribution is 2.62. The van der Waals surface area contributed by atoms with Crippen LogP contribution < -0.4 is 0 Å². The number of fused-ring (bicyclic) bond motifs is 11.